The molecular formula is C15H18FNO2. The molecule has 0 radical (unpaired) electrons. The number of hydrogen-bond acceptors (Lipinski definition) is 2. The predicted molar refractivity (Wildman–Crippen MR) is 70.7 cm³/mol. The third-order valence-electron chi connectivity index (χ3n) is 3.95. The minimum atomic E-state index is -0.327. The van der Waals surface area contributed by atoms with Crippen LogP contribution in [-0.2, 0) is 9.53 Å². The van der Waals surface area contributed by atoms with E-state index in [9.17, 15) is 9.18 Å². The number of fused-ring (bicyclic) bond motifs is 2. The number of rotatable bonds is 2. The molecule has 2 aliphatic rings. The summed E-state index contributed by atoms with van der Waals surface area (Å²) in [6.45, 7) is 4.45. The SMILES string of the molecule is CC(C)c1ccc(N2CC3CCC(O3)C2=O)cc1F. The highest BCUT2D eigenvalue weighted by molar-refractivity contribution is 5.97. The molecule has 0 aliphatic carbocycles. The topological polar surface area (TPSA) is 29.5 Å². The van der Waals surface area contributed by atoms with E-state index in [4.69, 9.17) is 4.74 Å². The molecule has 1 amide bonds. The minimum Gasteiger partial charge on any atom is -0.363 e. The van der Waals surface area contributed by atoms with Crippen molar-refractivity contribution in [1.82, 2.24) is 0 Å². The zero-order chi connectivity index (χ0) is 13.6. The number of nitrogens with zero attached hydrogens (tertiary/aromatic N) is 1. The van der Waals surface area contributed by atoms with E-state index < -0.39 is 0 Å². The number of carbonyl (C=O) groups is 1. The van der Waals surface area contributed by atoms with Crippen LogP contribution in [0.15, 0.2) is 18.2 Å². The van der Waals surface area contributed by atoms with Gasteiger partial charge in [-0.05, 0) is 36.5 Å². The lowest BCUT2D eigenvalue weighted by Crippen LogP contribution is -2.47. The normalized spacial score (nSPS) is 26.3. The van der Waals surface area contributed by atoms with Crippen molar-refractivity contribution < 1.29 is 13.9 Å². The Morgan fingerprint density at radius 3 is 2.84 bits per heavy atom. The van der Waals surface area contributed by atoms with Crippen LogP contribution in [-0.4, -0.2) is 24.7 Å². The van der Waals surface area contributed by atoms with Crippen molar-refractivity contribution in [3.8, 4) is 0 Å². The van der Waals surface area contributed by atoms with Gasteiger partial charge in [0.15, 0.2) is 0 Å². The standard InChI is InChI=1S/C15H18FNO2/c1-9(2)12-5-3-10(7-13(12)16)17-8-11-4-6-14(19-11)15(17)18/h3,5,7,9,11,14H,4,6,8H2,1-2H3. The van der Waals surface area contributed by atoms with Gasteiger partial charge in [0.2, 0.25) is 0 Å². The molecule has 2 heterocycles. The lowest BCUT2D eigenvalue weighted by atomic mass is 10.0. The average Bonchev–Trinajstić information content (AvgIpc) is 2.77. The molecule has 0 spiro atoms. The summed E-state index contributed by atoms with van der Waals surface area (Å²) in [5, 5.41) is 0. The molecule has 2 saturated heterocycles. The molecule has 4 heteroatoms. The summed E-state index contributed by atoms with van der Waals surface area (Å²) in [5.74, 6) is -0.129. The Labute approximate surface area is 112 Å². The fraction of sp³-hybridized carbons (Fsp3) is 0.533. The van der Waals surface area contributed by atoms with Crippen molar-refractivity contribution in [3.63, 3.8) is 0 Å². The van der Waals surface area contributed by atoms with Gasteiger partial charge in [0.05, 0.1) is 12.6 Å². The average molecular weight is 263 g/mol. The number of halogens is 1. The number of benzene rings is 1. The van der Waals surface area contributed by atoms with E-state index in [0.29, 0.717) is 17.8 Å². The van der Waals surface area contributed by atoms with Crippen LogP contribution in [0.2, 0.25) is 0 Å². The zero-order valence-electron chi connectivity index (χ0n) is 11.2. The smallest absolute Gasteiger partial charge is 0.256 e. The molecule has 1 aromatic rings. The summed E-state index contributed by atoms with van der Waals surface area (Å²) in [7, 11) is 0. The van der Waals surface area contributed by atoms with Crippen molar-refractivity contribution in [2.24, 2.45) is 0 Å². The number of amides is 1. The maximum atomic E-state index is 14.0. The van der Waals surface area contributed by atoms with Gasteiger partial charge >= 0.3 is 0 Å². The summed E-state index contributed by atoms with van der Waals surface area (Å²) in [5.41, 5.74) is 1.33. The first-order valence-corrected chi connectivity index (χ1v) is 6.82. The van der Waals surface area contributed by atoms with Crippen molar-refractivity contribution in [3.05, 3.63) is 29.6 Å². The molecule has 102 valence electrons. The second kappa shape index (κ2) is 4.60. The number of hydrogen-bond donors (Lipinski definition) is 0. The maximum absolute atomic E-state index is 14.0. The van der Waals surface area contributed by atoms with E-state index >= 15 is 0 Å². The molecule has 3 rings (SSSR count). The number of anilines is 1. The van der Waals surface area contributed by atoms with Crippen LogP contribution >= 0.6 is 0 Å². The Morgan fingerprint density at radius 2 is 2.16 bits per heavy atom. The van der Waals surface area contributed by atoms with Crippen molar-refractivity contribution in [2.75, 3.05) is 11.4 Å². The van der Waals surface area contributed by atoms with E-state index in [1.165, 1.54) is 6.07 Å². The first-order valence-electron chi connectivity index (χ1n) is 6.82. The zero-order valence-corrected chi connectivity index (χ0v) is 11.2. The van der Waals surface area contributed by atoms with Crippen LogP contribution in [0.1, 0.15) is 38.2 Å². The van der Waals surface area contributed by atoms with E-state index in [2.05, 4.69) is 0 Å². The lowest BCUT2D eigenvalue weighted by Gasteiger charge is -2.32. The molecule has 0 saturated carbocycles. The molecule has 2 atom stereocenters. The molecule has 0 aromatic heterocycles. The summed E-state index contributed by atoms with van der Waals surface area (Å²) < 4.78 is 19.6. The predicted octanol–water partition coefficient (Wildman–Crippen LogP) is 2.84. The lowest BCUT2D eigenvalue weighted by molar-refractivity contribution is -0.133. The first kappa shape index (κ1) is 12.6. The molecule has 2 unspecified atom stereocenters. The van der Waals surface area contributed by atoms with Gasteiger partial charge in [-0.3, -0.25) is 4.79 Å². The van der Waals surface area contributed by atoms with Crippen LogP contribution in [0.25, 0.3) is 0 Å². The Kier molecular flexibility index (Phi) is 3.05. The summed E-state index contributed by atoms with van der Waals surface area (Å²) in [4.78, 5) is 13.9. The molecule has 19 heavy (non-hydrogen) atoms. The van der Waals surface area contributed by atoms with E-state index in [1.54, 1.807) is 11.0 Å². The van der Waals surface area contributed by atoms with Gasteiger partial charge in [0.25, 0.3) is 5.91 Å². The van der Waals surface area contributed by atoms with Gasteiger partial charge in [-0.25, -0.2) is 4.39 Å². The van der Waals surface area contributed by atoms with Crippen LogP contribution in [0.4, 0.5) is 10.1 Å². The van der Waals surface area contributed by atoms with Crippen molar-refractivity contribution >= 4 is 11.6 Å². The number of ether oxygens (including phenoxy) is 1. The maximum Gasteiger partial charge on any atom is 0.256 e. The Hall–Kier alpha value is -1.42. The van der Waals surface area contributed by atoms with Gasteiger partial charge in [-0.2, -0.15) is 0 Å². The quantitative estimate of drug-likeness (QED) is 0.821. The highest BCUT2D eigenvalue weighted by Crippen LogP contribution is 2.32. The number of carbonyl (C=O) groups excluding carboxylic acids is 1. The molecule has 3 nitrogen and oxygen atoms in total. The van der Waals surface area contributed by atoms with E-state index in [0.717, 1.165) is 12.8 Å². The largest absolute Gasteiger partial charge is 0.363 e. The highest BCUT2D eigenvalue weighted by Gasteiger charge is 2.40. The molecule has 2 fully saturated rings. The van der Waals surface area contributed by atoms with Gasteiger partial charge in [0, 0.05) is 5.69 Å². The van der Waals surface area contributed by atoms with Gasteiger partial charge < -0.3 is 9.64 Å². The van der Waals surface area contributed by atoms with E-state index in [1.807, 2.05) is 19.9 Å². The third-order valence-corrected chi connectivity index (χ3v) is 3.95. The van der Waals surface area contributed by atoms with E-state index in [-0.39, 0.29) is 29.9 Å². The molecule has 1 aromatic carbocycles. The second-order valence-corrected chi connectivity index (χ2v) is 5.63. The number of morpholine rings is 1. The molecular weight excluding hydrogens is 245 g/mol. The monoisotopic (exact) mass is 263 g/mol. The highest BCUT2D eigenvalue weighted by atomic mass is 19.1. The van der Waals surface area contributed by atoms with Crippen molar-refractivity contribution in [2.45, 2.75) is 44.8 Å². The Balaban J connectivity index is 1.90. The van der Waals surface area contributed by atoms with Gasteiger partial charge in [0.1, 0.15) is 11.9 Å². The molecule has 0 N–H and O–H groups in total. The van der Waals surface area contributed by atoms with Gasteiger partial charge in [-0.1, -0.05) is 19.9 Å². The van der Waals surface area contributed by atoms with Crippen molar-refractivity contribution in [1.29, 1.82) is 0 Å². The minimum absolute atomic E-state index is 0.0366. The summed E-state index contributed by atoms with van der Waals surface area (Å²) in [6.07, 6.45) is 1.48. The van der Waals surface area contributed by atoms with Crippen LogP contribution in [0, 0.1) is 5.82 Å². The fourth-order valence-corrected chi connectivity index (χ4v) is 2.87. The van der Waals surface area contributed by atoms with Crippen LogP contribution in [0.5, 0.6) is 0 Å². The Bertz CT molecular complexity index is 515. The summed E-state index contributed by atoms with van der Waals surface area (Å²) in [6, 6.07) is 5.08. The Morgan fingerprint density at radius 1 is 1.37 bits per heavy atom. The van der Waals surface area contributed by atoms with Crippen LogP contribution < -0.4 is 4.90 Å². The fourth-order valence-electron chi connectivity index (χ4n) is 2.87. The second-order valence-electron chi connectivity index (χ2n) is 5.63. The molecule has 2 aliphatic heterocycles. The van der Waals surface area contributed by atoms with Gasteiger partial charge in [-0.15, -0.1) is 0 Å². The molecule has 2 bridgehead atoms. The summed E-state index contributed by atoms with van der Waals surface area (Å²) >= 11 is 0. The first-order chi connectivity index (χ1) is 9.06. The van der Waals surface area contributed by atoms with Crippen LogP contribution in [0.3, 0.4) is 0 Å². The third kappa shape index (κ3) is 2.14.